The van der Waals surface area contributed by atoms with Gasteiger partial charge >= 0.3 is 5.97 Å². The van der Waals surface area contributed by atoms with Gasteiger partial charge in [0, 0.05) is 16.8 Å². The van der Waals surface area contributed by atoms with E-state index in [0.717, 1.165) is 24.1 Å². The predicted octanol–water partition coefficient (Wildman–Crippen LogP) is 3.96. The van der Waals surface area contributed by atoms with Gasteiger partial charge in [-0.15, -0.1) is 0 Å². The Bertz CT molecular complexity index is 695. The summed E-state index contributed by atoms with van der Waals surface area (Å²) in [7, 11) is 0. The van der Waals surface area contributed by atoms with Gasteiger partial charge < -0.3 is 15.0 Å². The highest BCUT2D eigenvalue weighted by Crippen LogP contribution is 2.38. The third kappa shape index (κ3) is 3.42. The van der Waals surface area contributed by atoms with Crippen LogP contribution in [0.1, 0.15) is 45.2 Å². The van der Waals surface area contributed by atoms with Crippen molar-refractivity contribution in [3.63, 3.8) is 0 Å². The van der Waals surface area contributed by atoms with Crippen molar-refractivity contribution in [2.24, 2.45) is 0 Å². The first-order chi connectivity index (χ1) is 11.4. The zero-order valence-electron chi connectivity index (χ0n) is 14.0. The summed E-state index contributed by atoms with van der Waals surface area (Å²) < 4.78 is 5.49. The van der Waals surface area contributed by atoms with Gasteiger partial charge in [0.1, 0.15) is 0 Å². The van der Waals surface area contributed by atoms with Crippen LogP contribution in [0.5, 0.6) is 0 Å². The molecule has 2 aliphatic rings. The van der Waals surface area contributed by atoms with E-state index in [1.807, 2.05) is 45.0 Å². The molecule has 1 N–H and O–H groups in total. The van der Waals surface area contributed by atoms with Crippen molar-refractivity contribution >= 4 is 34.9 Å². The molecule has 1 saturated carbocycles. The fraction of sp³-hybridized carbons (Fsp3) is 0.444. The number of carbonyl (C=O) groups is 1. The van der Waals surface area contributed by atoms with Gasteiger partial charge in [-0.1, -0.05) is 23.7 Å². The molecule has 24 heavy (non-hydrogen) atoms. The molecule has 0 saturated heterocycles. The first-order valence-corrected chi connectivity index (χ1v) is 8.94. The summed E-state index contributed by atoms with van der Waals surface area (Å²) in [5.74, 6) is -0.303. The maximum absolute atomic E-state index is 12.7. The lowest BCUT2D eigenvalue weighted by Gasteiger charge is -2.38. The highest BCUT2D eigenvalue weighted by molar-refractivity contribution is 7.80. The largest absolute Gasteiger partial charge is 0.459 e. The summed E-state index contributed by atoms with van der Waals surface area (Å²) in [4.78, 5) is 14.8. The molecule has 0 aromatic heterocycles. The molecule has 3 rings (SSSR count). The number of esters is 1. The molecule has 1 fully saturated rings. The number of rotatable bonds is 4. The van der Waals surface area contributed by atoms with Gasteiger partial charge in [-0.25, -0.2) is 4.79 Å². The number of nitrogens with zero attached hydrogens (tertiary/aromatic N) is 1. The molecular weight excluding hydrogens is 344 g/mol. The zero-order chi connectivity index (χ0) is 17.4. The minimum Gasteiger partial charge on any atom is -0.459 e. The second kappa shape index (κ2) is 6.73. The Morgan fingerprint density at radius 2 is 1.96 bits per heavy atom. The lowest BCUT2D eigenvalue weighted by Crippen LogP contribution is -2.48. The fourth-order valence-electron chi connectivity index (χ4n) is 2.98. The highest BCUT2D eigenvalue weighted by Gasteiger charge is 2.40. The minimum absolute atomic E-state index is 0.174. The standard InChI is InChI=1S/C18H21ClN2O2S/c1-10(2)23-17(22)15-11(3)21(14-8-9-14)18(24)20-16(15)12-4-6-13(19)7-5-12/h4-7,10,14,16H,8-9H2,1-3H3,(H,20,24). The molecule has 4 nitrogen and oxygen atoms in total. The summed E-state index contributed by atoms with van der Waals surface area (Å²) in [6.45, 7) is 5.65. The number of ether oxygens (including phenoxy) is 1. The van der Waals surface area contributed by atoms with Crippen LogP contribution < -0.4 is 5.32 Å². The number of carbonyl (C=O) groups excluding carboxylic acids is 1. The molecular formula is C18H21ClN2O2S. The predicted molar refractivity (Wildman–Crippen MR) is 98.7 cm³/mol. The molecule has 1 aromatic rings. The van der Waals surface area contributed by atoms with Crippen LogP contribution in [-0.2, 0) is 9.53 Å². The zero-order valence-corrected chi connectivity index (χ0v) is 15.6. The Labute approximate surface area is 152 Å². The number of halogens is 1. The lowest BCUT2D eigenvalue weighted by molar-refractivity contribution is -0.143. The van der Waals surface area contributed by atoms with Gasteiger partial charge in [-0.05, 0) is 63.5 Å². The molecule has 0 radical (unpaired) electrons. The first-order valence-electron chi connectivity index (χ1n) is 8.15. The summed E-state index contributed by atoms with van der Waals surface area (Å²) in [5.41, 5.74) is 2.44. The highest BCUT2D eigenvalue weighted by atomic mass is 35.5. The SMILES string of the molecule is CC1=C(C(=O)OC(C)C)C(c2ccc(Cl)cc2)NC(=S)N1C1CC1. The Balaban J connectivity index is 2.03. The minimum atomic E-state index is -0.323. The molecule has 0 bridgehead atoms. The molecule has 0 amide bonds. The maximum Gasteiger partial charge on any atom is 0.338 e. The summed E-state index contributed by atoms with van der Waals surface area (Å²) in [6, 6.07) is 7.51. The van der Waals surface area contributed by atoms with Crippen molar-refractivity contribution in [3.05, 3.63) is 46.1 Å². The Morgan fingerprint density at radius 1 is 1.33 bits per heavy atom. The number of nitrogens with one attached hydrogen (secondary N) is 1. The quantitative estimate of drug-likeness (QED) is 0.647. The molecule has 1 heterocycles. The van der Waals surface area contributed by atoms with E-state index >= 15 is 0 Å². The van der Waals surface area contributed by atoms with Crippen molar-refractivity contribution in [2.45, 2.75) is 51.8 Å². The maximum atomic E-state index is 12.7. The van der Waals surface area contributed by atoms with E-state index in [9.17, 15) is 4.79 Å². The van der Waals surface area contributed by atoms with E-state index in [2.05, 4.69) is 10.2 Å². The number of hydrogen-bond acceptors (Lipinski definition) is 3. The second-order valence-corrected chi connectivity index (χ2v) is 7.31. The Hall–Kier alpha value is -1.59. The van der Waals surface area contributed by atoms with Gasteiger partial charge in [-0.3, -0.25) is 0 Å². The van der Waals surface area contributed by atoms with Crippen LogP contribution in [0.3, 0.4) is 0 Å². The van der Waals surface area contributed by atoms with Gasteiger partial charge in [0.05, 0.1) is 17.7 Å². The first kappa shape index (κ1) is 17.2. The fourth-order valence-corrected chi connectivity index (χ4v) is 3.51. The summed E-state index contributed by atoms with van der Waals surface area (Å²) >= 11 is 11.5. The van der Waals surface area contributed by atoms with E-state index in [4.69, 9.17) is 28.6 Å². The van der Waals surface area contributed by atoms with E-state index in [-0.39, 0.29) is 18.1 Å². The van der Waals surface area contributed by atoms with Gasteiger partial charge in [-0.2, -0.15) is 0 Å². The van der Waals surface area contributed by atoms with Crippen LogP contribution >= 0.6 is 23.8 Å². The smallest absolute Gasteiger partial charge is 0.338 e. The van der Waals surface area contributed by atoms with Crippen LogP contribution in [0.4, 0.5) is 0 Å². The molecule has 1 aliphatic heterocycles. The number of thiocarbonyl (C=S) groups is 1. The molecule has 1 atom stereocenters. The van der Waals surface area contributed by atoms with Crippen LogP contribution in [-0.4, -0.2) is 28.1 Å². The topological polar surface area (TPSA) is 41.6 Å². The van der Waals surface area contributed by atoms with Crippen molar-refractivity contribution in [3.8, 4) is 0 Å². The molecule has 1 aromatic carbocycles. The Kier molecular flexibility index (Phi) is 4.83. The molecule has 0 spiro atoms. The summed E-state index contributed by atoms with van der Waals surface area (Å²) in [6.07, 6.45) is 2.01. The molecule has 128 valence electrons. The summed E-state index contributed by atoms with van der Waals surface area (Å²) in [5, 5.41) is 4.63. The number of benzene rings is 1. The lowest BCUT2D eigenvalue weighted by atomic mass is 9.95. The normalized spacial score (nSPS) is 21.1. The van der Waals surface area contributed by atoms with Gasteiger partial charge in [0.15, 0.2) is 5.11 Å². The van der Waals surface area contributed by atoms with Crippen LogP contribution in [0.2, 0.25) is 5.02 Å². The second-order valence-electron chi connectivity index (χ2n) is 6.49. The molecule has 1 unspecified atom stereocenters. The van der Waals surface area contributed by atoms with E-state index < -0.39 is 0 Å². The third-order valence-electron chi connectivity index (χ3n) is 4.20. The number of allylic oxidation sites excluding steroid dienone is 1. The number of hydrogen-bond donors (Lipinski definition) is 1. The van der Waals surface area contributed by atoms with Crippen molar-refractivity contribution in [2.75, 3.05) is 0 Å². The Morgan fingerprint density at radius 3 is 2.50 bits per heavy atom. The van der Waals surface area contributed by atoms with Crippen LogP contribution in [0, 0.1) is 0 Å². The van der Waals surface area contributed by atoms with E-state index in [1.165, 1.54) is 0 Å². The monoisotopic (exact) mass is 364 g/mol. The average Bonchev–Trinajstić information content (AvgIpc) is 3.31. The average molecular weight is 365 g/mol. The molecule has 1 aliphatic carbocycles. The van der Waals surface area contributed by atoms with Crippen molar-refractivity contribution in [1.82, 2.24) is 10.2 Å². The van der Waals surface area contributed by atoms with Crippen molar-refractivity contribution in [1.29, 1.82) is 0 Å². The van der Waals surface area contributed by atoms with E-state index in [1.54, 1.807) is 0 Å². The van der Waals surface area contributed by atoms with Crippen molar-refractivity contribution < 1.29 is 9.53 Å². The van der Waals surface area contributed by atoms with E-state index in [0.29, 0.717) is 21.8 Å². The van der Waals surface area contributed by atoms with Crippen LogP contribution in [0.25, 0.3) is 0 Å². The molecule has 6 heteroatoms. The van der Waals surface area contributed by atoms with Crippen LogP contribution in [0.15, 0.2) is 35.5 Å². The van der Waals surface area contributed by atoms with Gasteiger partial charge in [0.25, 0.3) is 0 Å². The third-order valence-corrected chi connectivity index (χ3v) is 4.77. The van der Waals surface area contributed by atoms with Gasteiger partial charge in [0.2, 0.25) is 0 Å².